The van der Waals surface area contributed by atoms with Gasteiger partial charge >= 0.3 is 0 Å². The lowest BCUT2D eigenvalue weighted by Crippen LogP contribution is -2.42. The van der Waals surface area contributed by atoms with Crippen molar-refractivity contribution in [3.05, 3.63) is 48.2 Å². The van der Waals surface area contributed by atoms with E-state index in [9.17, 15) is 14.4 Å². The van der Waals surface area contributed by atoms with Crippen molar-refractivity contribution >= 4 is 34.9 Å². The van der Waals surface area contributed by atoms with Crippen LogP contribution < -0.4 is 15.5 Å². The van der Waals surface area contributed by atoms with E-state index >= 15 is 0 Å². The Kier molecular flexibility index (Phi) is 6.43. The lowest BCUT2D eigenvalue weighted by Gasteiger charge is -2.29. The molecule has 0 radical (unpaired) electrons. The third kappa shape index (κ3) is 4.66. The van der Waals surface area contributed by atoms with Gasteiger partial charge in [0.05, 0.1) is 16.9 Å². The molecule has 1 aliphatic heterocycles. The van der Waals surface area contributed by atoms with Crippen LogP contribution in [0.4, 0.5) is 17.2 Å². The maximum absolute atomic E-state index is 12.7. The van der Waals surface area contributed by atoms with Crippen molar-refractivity contribution in [3.63, 3.8) is 0 Å². The Balaban J connectivity index is 0.000000758. The van der Waals surface area contributed by atoms with Crippen molar-refractivity contribution in [3.8, 4) is 0 Å². The lowest BCUT2D eigenvalue weighted by molar-refractivity contribution is -0.115. The van der Waals surface area contributed by atoms with Gasteiger partial charge in [-0.3, -0.25) is 19.3 Å². The molecule has 2 N–H and O–H groups in total. The third-order valence-corrected chi connectivity index (χ3v) is 3.33. The predicted octanol–water partition coefficient (Wildman–Crippen LogP) is 3.06. The monoisotopic (exact) mass is 354 g/mol. The molecule has 7 heteroatoms. The van der Waals surface area contributed by atoms with Crippen LogP contribution in [0.3, 0.4) is 0 Å². The number of aromatic nitrogens is 1. The summed E-state index contributed by atoms with van der Waals surface area (Å²) in [5.74, 6) is -0.446. The Morgan fingerprint density at radius 2 is 1.88 bits per heavy atom. The number of pyridine rings is 1. The summed E-state index contributed by atoms with van der Waals surface area (Å²) in [5.41, 5.74) is 1.58. The van der Waals surface area contributed by atoms with Crippen molar-refractivity contribution in [1.82, 2.24) is 4.98 Å². The minimum absolute atomic E-state index is 0.0523. The highest BCUT2D eigenvalue weighted by Crippen LogP contribution is 2.29. The van der Waals surface area contributed by atoms with Crippen LogP contribution >= 0.6 is 0 Å². The van der Waals surface area contributed by atoms with Gasteiger partial charge in [-0.05, 0) is 24.3 Å². The Labute approximate surface area is 152 Å². The van der Waals surface area contributed by atoms with Crippen LogP contribution in [0.1, 0.15) is 37.6 Å². The smallest absolute Gasteiger partial charge is 0.260 e. The number of fused-ring (bicyclic) bond motifs is 1. The van der Waals surface area contributed by atoms with Crippen LogP contribution in [-0.4, -0.2) is 29.3 Å². The van der Waals surface area contributed by atoms with E-state index in [0.717, 1.165) is 0 Å². The quantitative estimate of drug-likeness (QED) is 0.867. The molecular weight excluding hydrogens is 332 g/mol. The van der Waals surface area contributed by atoms with Crippen molar-refractivity contribution in [2.24, 2.45) is 0 Å². The van der Waals surface area contributed by atoms with E-state index in [0.29, 0.717) is 22.8 Å². The second kappa shape index (κ2) is 8.75. The highest BCUT2D eigenvalue weighted by Gasteiger charge is 2.27. The summed E-state index contributed by atoms with van der Waals surface area (Å²) in [6, 6.07) is 10.2. The van der Waals surface area contributed by atoms with E-state index in [-0.39, 0.29) is 24.3 Å². The number of hydrogen-bond donors (Lipinski definition) is 2. The van der Waals surface area contributed by atoms with E-state index in [1.807, 2.05) is 0 Å². The fraction of sp³-hybridized carbons (Fsp3) is 0.263. The average molecular weight is 354 g/mol. The Morgan fingerprint density at radius 1 is 1.19 bits per heavy atom. The molecule has 0 unspecified atom stereocenters. The molecule has 7 nitrogen and oxygen atoms in total. The lowest BCUT2D eigenvalue weighted by atomic mass is 10.1. The first-order chi connectivity index (χ1) is 12.5. The Bertz CT molecular complexity index is 803. The van der Waals surface area contributed by atoms with Crippen LogP contribution in [0.5, 0.6) is 0 Å². The summed E-state index contributed by atoms with van der Waals surface area (Å²) in [5, 5.41) is 5.27. The molecule has 0 spiro atoms. The second-order valence-electron chi connectivity index (χ2n) is 5.78. The zero-order chi connectivity index (χ0) is 19.1. The Hall–Kier alpha value is -3.22. The van der Waals surface area contributed by atoms with Crippen LogP contribution in [0, 0.1) is 0 Å². The normalized spacial score (nSPS) is 12.3. The molecule has 3 rings (SSSR count). The van der Waals surface area contributed by atoms with E-state index in [1.54, 1.807) is 36.4 Å². The summed E-state index contributed by atoms with van der Waals surface area (Å²) in [4.78, 5) is 40.9. The van der Waals surface area contributed by atoms with Gasteiger partial charge in [-0.1, -0.05) is 32.4 Å². The van der Waals surface area contributed by atoms with Gasteiger partial charge in [0.1, 0.15) is 12.4 Å². The van der Waals surface area contributed by atoms with Crippen LogP contribution in [-0.2, 0) is 9.59 Å². The topological polar surface area (TPSA) is 91.4 Å². The summed E-state index contributed by atoms with van der Waals surface area (Å²) in [6.07, 6.45) is 2.63. The van der Waals surface area contributed by atoms with Crippen molar-refractivity contribution in [2.45, 2.75) is 27.2 Å². The number of carbonyl (C=O) groups excluding carboxylic acids is 3. The molecule has 0 saturated heterocycles. The van der Waals surface area contributed by atoms with E-state index in [1.165, 1.54) is 24.4 Å². The zero-order valence-electron chi connectivity index (χ0n) is 15.1. The summed E-state index contributed by atoms with van der Waals surface area (Å²) >= 11 is 0. The van der Waals surface area contributed by atoms with Gasteiger partial charge in [-0.25, -0.2) is 4.98 Å². The fourth-order valence-electron chi connectivity index (χ4n) is 2.34. The van der Waals surface area contributed by atoms with Gasteiger partial charge in [0.25, 0.3) is 5.91 Å². The molecule has 0 bridgehead atoms. The van der Waals surface area contributed by atoms with Gasteiger partial charge < -0.3 is 10.6 Å². The number of hydrogen-bond acceptors (Lipinski definition) is 4. The number of nitrogens with one attached hydrogen (secondary N) is 2. The first-order valence-corrected chi connectivity index (χ1v) is 8.40. The average Bonchev–Trinajstić information content (AvgIpc) is 2.61. The SMILES string of the molecule is CC(=O)Nc1ccc(C(=O)N2CC(=O)Nc3ccccc32)cn1.CCC. The van der Waals surface area contributed by atoms with Crippen LogP contribution in [0.25, 0.3) is 0 Å². The number of rotatable bonds is 2. The van der Waals surface area contributed by atoms with Crippen molar-refractivity contribution in [2.75, 3.05) is 22.1 Å². The molecule has 0 fully saturated rings. The molecular formula is C19H22N4O3. The number of benzene rings is 1. The first kappa shape index (κ1) is 19.1. The van der Waals surface area contributed by atoms with Gasteiger partial charge in [0, 0.05) is 13.1 Å². The number of para-hydroxylation sites is 2. The second-order valence-corrected chi connectivity index (χ2v) is 5.78. The van der Waals surface area contributed by atoms with Crippen molar-refractivity contribution in [1.29, 1.82) is 0 Å². The molecule has 26 heavy (non-hydrogen) atoms. The maximum atomic E-state index is 12.7. The summed E-state index contributed by atoms with van der Waals surface area (Å²) in [6.45, 7) is 5.58. The van der Waals surface area contributed by atoms with Gasteiger partial charge in [-0.2, -0.15) is 0 Å². The number of carbonyl (C=O) groups is 3. The summed E-state index contributed by atoms with van der Waals surface area (Å²) in [7, 11) is 0. The molecule has 3 amide bonds. The Morgan fingerprint density at radius 3 is 2.50 bits per heavy atom. The number of nitrogens with zero attached hydrogens (tertiary/aromatic N) is 2. The third-order valence-electron chi connectivity index (χ3n) is 3.33. The van der Waals surface area contributed by atoms with E-state index in [4.69, 9.17) is 0 Å². The highest BCUT2D eigenvalue weighted by atomic mass is 16.2. The zero-order valence-corrected chi connectivity index (χ0v) is 15.1. The molecule has 2 heterocycles. The fourth-order valence-corrected chi connectivity index (χ4v) is 2.34. The van der Waals surface area contributed by atoms with Crippen LogP contribution in [0.2, 0.25) is 0 Å². The van der Waals surface area contributed by atoms with Gasteiger partial charge in [0.15, 0.2) is 0 Å². The standard InChI is InChI=1S/C16H14N4O3.C3H8/c1-10(21)18-14-7-6-11(8-17-14)16(23)20-9-15(22)19-12-4-2-3-5-13(12)20;1-3-2/h2-8H,9H2,1H3,(H,19,22)(H,17,18,21);3H2,1-2H3. The molecule has 2 aromatic rings. The van der Waals surface area contributed by atoms with Gasteiger partial charge in [-0.15, -0.1) is 0 Å². The van der Waals surface area contributed by atoms with Crippen molar-refractivity contribution < 1.29 is 14.4 Å². The molecule has 1 aromatic carbocycles. The highest BCUT2D eigenvalue weighted by molar-refractivity contribution is 6.15. The largest absolute Gasteiger partial charge is 0.323 e. The maximum Gasteiger partial charge on any atom is 0.260 e. The molecule has 0 atom stereocenters. The molecule has 1 aromatic heterocycles. The molecule has 0 saturated carbocycles. The minimum Gasteiger partial charge on any atom is -0.323 e. The molecule has 1 aliphatic rings. The molecule has 136 valence electrons. The predicted molar refractivity (Wildman–Crippen MR) is 101 cm³/mol. The number of amides is 3. The minimum atomic E-state index is -0.325. The van der Waals surface area contributed by atoms with E-state index < -0.39 is 0 Å². The first-order valence-electron chi connectivity index (χ1n) is 8.40. The van der Waals surface area contributed by atoms with Crippen LogP contribution in [0.15, 0.2) is 42.6 Å². The number of anilines is 3. The summed E-state index contributed by atoms with van der Waals surface area (Å²) < 4.78 is 0. The van der Waals surface area contributed by atoms with E-state index in [2.05, 4.69) is 29.5 Å². The van der Waals surface area contributed by atoms with Gasteiger partial charge in [0.2, 0.25) is 11.8 Å². The molecule has 0 aliphatic carbocycles.